The number of methoxy groups -OCH3 is 2. The van der Waals surface area contributed by atoms with Crippen molar-refractivity contribution in [2.45, 2.75) is 11.8 Å². The van der Waals surface area contributed by atoms with E-state index >= 15 is 0 Å². The maximum absolute atomic E-state index is 12.6. The molecule has 2 aromatic rings. The Morgan fingerprint density at radius 1 is 1.06 bits per heavy atom. The Balaban J connectivity index is 1.98. The average Bonchev–Trinajstić information content (AvgIpc) is 3.03. The van der Waals surface area contributed by atoms with Crippen LogP contribution in [0.4, 0.5) is 11.5 Å². The van der Waals surface area contributed by atoms with Crippen molar-refractivity contribution in [2.24, 2.45) is 0 Å². The number of carbonyl (C=O) groups is 2. The third-order valence-corrected chi connectivity index (χ3v) is 5.55. The van der Waals surface area contributed by atoms with Crippen LogP contribution in [-0.2, 0) is 29.1 Å². The molecule has 0 amide bonds. The van der Waals surface area contributed by atoms with Gasteiger partial charge in [-0.3, -0.25) is 4.72 Å². The van der Waals surface area contributed by atoms with Gasteiger partial charge in [0.05, 0.1) is 24.7 Å². The number of esters is 2. The fourth-order valence-electron chi connectivity index (χ4n) is 2.76. The molecule has 11 heteroatoms. The fraction of sp³-hybridized carbons (Fsp3) is 0.150. The lowest BCUT2D eigenvalue weighted by Crippen LogP contribution is -2.27. The van der Waals surface area contributed by atoms with Crippen LogP contribution in [0, 0.1) is 6.92 Å². The van der Waals surface area contributed by atoms with Crippen LogP contribution in [0.15, 0.2) is 75.4 Å². The third-order valence-electron chi connectivity index (χ3n) is 4.18. The van der Waals surface area contributed by atoms with E-state index in [0.717, 1.165) is 0 Å². The van der Waals surface area contributed by atoms with E-state index in [1.807, 2.05) is 0 Å². The van der Waals surface area contributed by atoms with Crippen molar-refractivity contribution in [1.82, 2.24) is 5.16 Å². The van der Waals surface area contributed by atoms with E-state index in [4.69, 9.17) is 14.0 Å². The van der Waals surface area contributed by atoms with Crippen molar-refractivity contribution in [3.8, 4) is 0 Å². The Hall–Kier alpha value is -3.86. The zero-order valence-electron chi connectivity index (χ0n) is 16.9. The average molecular weight is 445 g/mol. The molecule has 2 heterocycles. The minimum atomic E-state index is -3.92. The summed E-state index contributed by atoms with van der Waals surface area (Å²) in [5, 5.41) is 3.61. The number of aromatic nitrogens is 1. The zero-order valence-corrected chi connectivity index (χ0v) is 17.7. The second kappa shape index (κ2) is 8.88. The minimum Gasteiger partial charge on any atom is -0.465 e. The highest BCUT2D eigenvalue weighted by Gasteiger charge is 2.27. The van der Waals surface area contributed by atoms with E-state index < -0.39 is 22.0 Å². The molecule has 0 fully saturated rings. The van der Waals surface area contributed by atoms with Gasteiger partial charge in [-0.2, -0.15) is 0 Å². The van der Waals surface area contributed by atoms with E-state index in [1.165, 1.54) is 55.5 Å². The molecule has 10 nitrogen and oxygen atoms in total. The summed E-state index contributed by atoms with van der Waals surface area (Å²) in [5.41, 5.74) is 0.322. The molecule has 0 atom stereocenters. The van der Waals surface area contributed by atoms with Gasteiger partial charge in [-0.25, -0.2) is 18.0 Å². The molecule has 1 aliphatic rings. The first kappa shape index (κ1) is 21.8. The second-order valence-corrected chi connectivity index (χ2v) is 7.92. The number of hydrogen-bond acceptors (Lipinski definition) is 9. The van der Waals surface area contributed by atoms with Gasteiger partial charge in [-0.05, 0) is 43.3 Å². The van der Waals surface area contributed by atoms with Crippen LogP contribution in [0.5, 0.6) is 0 Å². The monoisotopic (exact) mass is 445 g/mol. The van der Waals surface area contributed by atoms with Crippen molar-refractivity contribution in [1.29, 1.82) is 0 Å². The topological polar surface area (TPSA) is 128 Å². The first-order valence-electron chi connectivity index (χ1n) is 8.88. The lowest BCUT2D eigenvalue weighted by atomic mass is 10.1. The molecule has 0 spiro atoms. The van der Waals surface area contributed by atoms with Crippen molar-refractivity contribution in [2.75, 3.05) is 23.8 Å². The number of rotatable bonds is 6. The lowest BCUT2D eigenvalue weighted by molar-refractivity contribution is -0.139. The number of anilines is 2. The minimum absolute atomic E-state index is 0.0147. The quantitative estimate of drug-likeness (QED) is 0.666. The Labute approximate surface area is 178 Å². The summed E-state index contributed by atoms with van der Waals surface area (Å²) < 4.78 is 41.9. The number of sulfonamides is 1. The maximum atomic E-state index is 12.6. The van der Waals surface area contributed by atoms with Crippen LogP contribution in [0.25, 0.3) is 0 Å². The largest absolute Gasteiger partial charge is 0.465 e. The fourth-order valence-corrected chi connectivity index (χ4v) is 3.75. The van der Waals surface area contributed by atoms with Crippen molar-refractivity contribution < 1.29 is 32.0 Å². The van der Waals surface area contributed by atoms with Gasteiger partial charge in [0, 0.05) is 18.0 Å². The molecule has 31 heavy (non-hydrogen) atoms. The number of nitrogens with zero attached hydrogens (tertiary/aromatic N) is 2. The van der Waals surface area contributed by atoms with Crippen LogP contribution in [0.2, 0.25) is 0 Å². The summed E-state index contributed by atoms with van der Waals surface area (Å²) in [5.74, 6) is -0.979. The Bertz CT molecular complexity index is 1190. The van der Waals surface area contributed by atoms with Gasteiger partial charge in [-0.15, -0.1) is 0 Å². The molecule has 0 saturated heterocycles. The van der Waals surface area contributed by atoms with E-state index in [1.54, 1.807) is 25.3 Å². The first-order chi connectivity index (χ1) is 14.8. The van der Waals surface area contributed by atoms with Crippen LogP contribution >= 0.6 is 0 Å². The molecule has 1 aromatic heterocycles. The van der Waals surface area contributed by atoms with E-state index in [0.29, 0.717) is 11.4 Å². The molecule has 1 aliphatic heterocycles. The van der Waals surface area contributed by atoms with Gasteiger partial charge in [0.25, 0.3) is 10.0 Å². The van der Waals surface area contributed by atoms with Crippen LogP contribution < -0.4 is 9.62 Å². The molecular formula is C20H19N3O7S. The predicted molar refractivity (Wildman–Crippen MR) is 110 cm³/mol. The second-order valence-electron chi connectivity index (χ2n) is 6.24. The molecule has 0 saturated carbocycles. The summed E-state index contributed by atoms with van der Waals surface area (Å²) in [6.45, 7) is 1.64. The number of ether oxygens (including phenoxy) is 2. The van der Waals surface area contributed by atoms with Crippen molar-refractivity contribution in [3.63, 3.8) is 0 Å². The molecule has 0 unspecified atom stereocenters. The van der Waals surface area contributed by atoms with Gasteiger partial charge in [0.15, 0.2) is 5.82 Å². The summed E-state index contributed by atoms with van der Waals surface area (Å²) in [4.78, 5) is 26.0. The van der Waals surface area contributed by atoms with Gasteiger partial charge < -0.3 is 18.9 Å². The van der Waals surface area contributed by atoms with Crippen molar-refractivity contribution in [3.05, 3.63) is 71.8 Å². The number of nitrogens with one attached hydrogen (secondary N) is 1. The molecule has 0 aliphatic carbocycles. The third kappa shape index (κ3) is 4.67. The molecule has 1 aromatic carbocycles. The molecular weight excluding hydrogens is 426 g/mol. The van der Waals surface area contributed by atoms with Gasteiger partial charge >= 0.3 is 11.9 Å². The number of aryl methyl sites for hydroxylation is 1. The Morgan fingerprint density at radius 2 is 1.74 bits per heavy atom. The van der Waals surface area contributed by atoms with E-state index in [-0.39, 0.29) is 22.0 Å². The molecule has 3 rings (SSSR count). The normalized spacial score (nSPS) is 13.7. The summed E-state index contributed by atoms with van der Waals surface area (Å²) in [7, 11) is -1.53. The highest BCUT2D eigenvalue weighted by atomic mass is 32.2. The molecule has 0 radical (unpaired) electrons. The standard InChI is InChI=1S/C20H19N3O7S/c1-13-12-17(21-30-13)22-31(26,27)15-9-7-14(8-10-15)23-11-5-4-6-16(19(24)28-2)18(23)20(25)29-3/h4-12H,1-3H3,(H,21,22). The zero-order chi connectivity index (χ0) is 22.6. The number of allylic oxidation sites excluding steroid dienone is 2. The molecule has 162 valence electrons. The van der Waals surface area contributed by atoms with Gasteiger partial charge in [0.2, 0.25) is 0 Å². The van der Waals surface area contributed by atoms with E-state index in [2.05, 4.69) is 9.88 Å². The maximum Gasteiger partial charge on any atom is 0.355 e. The molecule has 1 N–H and O–H groups in total. The summed E-state index contributed by atoms with van der Waals surface area (Å²) >= 11 is 0. The molecule has 0 bridgehead atoms. The Morgan fingerprint density at radius 3 is 2.32 bits per heavy atom. The highest BCUT2D eigenvalue weighted by molar-refractivity contribution is 7.92. The van der Waals surface area contributed by atoms with Gasteiger partial charge in [-0.1, -0.05) is 11.2 Å². The van der Waals surface area contributed by atoms with E-state index in [9.17, 15) is 18.0 Å². The Kier molecular flexibility index (Phi) is 6.25. The lowest BCUT2D eigenvalue weighted by Gasteiger charge is -2.23. The predicted octanol–water partition coefficient (Wildman–Crippen LogP) is 2.27. The number of benzene rings is 1. The SMILES string of the molecule is COC(=O)C1=C(C(=O)OC)N(c2ccc(S(=O)(=O)Nc3cc(C)on3)cc2)C=CC=C1. The van der Waals surface area contributed by atoms with Crippen LogP contribution in [-0.4, -0.2) is 39.7 Å². The van der Waals surface area contributed by atoms with Crippen LogP contribution in [0.3, 0.4) is 0 Å². The van der Waals surface area contributed by atoms with Crippen molar-refractivity contribution >= 4 is 33.5 Å². The summed E-state index contributed by atoms with van der Waals surface area (Å²) in [6.07, 6.45) is 6.14. The van der Waals surface area contributed by atoms with Gasteiger partial charge in [0.1, 0.15) is 11.5 Å². The first-order valence-corrected chi connectivity index (χ1v) is 10.4. The number of carbonyl (C=O) groups excluding carboxylic acids is 2. The summed E-state index contributed by atoms with van der Waals surface area (Å²) in [6, 6.07) is 7.11. The smallest absolute Gasteiger partial charge is 0.355 e. The highest BCUT2D eigenvalue weighted by Crippen LogP contribution is 2.27. The number of hydrogen-bond donors (Lipinski definition) is 1. The van der Waals surface area contributed by atoms with Crippen LogP contribution in [0.1, 0.15) is 5.76 Å².